The van der Waals surface area contributed by atoms with Crippen LogP contribution in [0.15, 0.2) is 38.6 Å². The third-order valence-corrected chi connectivity index (χ3v) is 4.50. The first-order valence-electron chi connectivity index (χ1n) is 6.64. The highest BCUT2D eigenvalue weighted by molar-refractivity contribution is 9.10. The fourth-order valence-electron chi connectivity index (χ4n) is 1.97. The van der Waals surface area contributed by atoms with Crippen LogP contribution >= 0.6 is 27.3 Å². The number of aryl methyl sites for hydroxylation is 1. The Kier molecular flexibility index (Phi) is 4.44. The highest BCUT2D eigenvalue weighted by Crippen LogP contribution is 2.26. The maximum absolute atomic E-state index is 12.0. The SMILES string of the molecule is Cc1noc(N)c1C(=O)OCc1csc(-c2cccc(Br)c2)n1. The Bertz CT molecular complexity index is 840. The summed E-state index contributed by atoms with van der Waals surface area (Å²) in [5.74, 6) is -0.612. The molecule has 0 unspecified atom stereocenters. The Labute approximate surface area is 144 Å². The zero-order valence-corrected chi connectivity index (χ0v) is 14.5. The van der Waals surface area contributed by atoms with Crippen LogP contribution in [0.25, 0.3) is 10.6 Å². The molecule has 2 heterocycles. The average Bonchev–Trinajstić information content (AvgIpc) is 3.12. The van der Waals surface area contributed by atoms with E-state index < -0.39 is 5.97 Å². The van der Waals surface area contributed by atoms with E-state index in [1.807, 2.05) is 29.6 Å². The van der Waals surface area contributed by atoms with Crippen LogP contribution in [-0.2, 0) is 11.3 Å². The molecule has 0 amide bonds. The largest absolute Gasteiger partial charge is 0.455 e. The van der Waals surface area contributed by atoms with Gasteiger partial charge in [0.15, 0.2) is 0 Å². The highest BCUT2D eigenvalue weighted by Gasteiger charge is 2.20. The van der Waals surface area contributed by atoms with Crippen LogP contribution in [0.2, 0.25) is 0 Å². The molecule has 8 heteroatoms. The number of anilines is 1. The number of carbonyl (C=O) groups excluding carboxylic acids is 1. The third kappa shape index (κ3) is 3.43. The number of hydrogen-bond donors (Lipinski definition) is 1. The van der Waals surface area contributed by atoms with Crippen molar-refractivity contribution in [2.75, 3.05) is 5.73 Å². The first-order chi connectivity index (χ1) is 11.0. The van der Waals surface area contributed by atoms with Gasteiger partial charge in [0.2, 0.25) is 5.88 Å². The Morgan fingerprint density at radius 3 is 3.00 bits per heavy atom. The lowest BCUT2D eigenvalue weighted by Gasteiger charge is -2.01. The molecule has 0 aliphatic carbocycles. The number of ether oxygens (including phenoxy) is 1. The molecule has 0 bridgehead atoms. The van der Waals surface area contributed by atoms with E-state index in [0.717, 1.165) is 15.0 Å². The molecule has 1 aromatic carbocycles. The number of benzene rings is 1. The summed E-state index contributed by atoms with van der Waals surface area (Å²) >= 11 is 4.92. The number of hydrogen-bond acceptors (Lipinski definition) is 7. The van der Waals surface area contributed by atoms with E-state index in [0.29, 0.717) is 11.4 Å². The van der Waals surface area contributed by atoms with E-state index in [1.54, 1.807) is 6.92 Å². The van der Waals surface area contributed by atoms with Gasteiger partial charge >= 0.3 is 5.97 Å². The molecule has 0 aliphatic rings. The summed E-state index contributed by atoms with van der Waals surface area (Å²) in [7, 11) is 0. The maximum Gasteiger partial charge on any atom is 0.346 e. The molecule has 0 fully saturated rings. The standard InChI is InChI=1S/C15H12BrN3O3S/c1-8-12(13(17)22-19-8)15(20)21-6-11-7-23-14(18-11)9-3-2-4-10(16)5-9/h2-5,7H,6,17H2,1H3. The molecule has 0 spiro atoms. The van der Waals surface area contributed by atoms with Crippen molar-refractivity contribution >= 4 is 39.1 Å². The van der Waals surface area contributed by atoms with Crippen molar-refractivity contribution in [1.82, 2.24) is 10.1 Å². The minimum absolute atomic E-state index is 0.0411. The average molecular weight is 394 g/mol. The fraction of sp³-hybridized carbons (Fsp3) is 0.133. The quantitative estimate of drug-likeness (QED) is 0.677. The normalized spacial score (nSPS) is 10.7. The molecule has 2 N–H and O–H groups in total. The van der Waals surface area contributed by atoms with Crippen molar-refractivity contribution in [2.45, 2.75) is 13.5 Å². The molecular formula is C15H12BrN3O3S. The monoisotopic (exact) mass is 393 g/mol. The van der Waals surface area contributed by atoms with Crippen molar-refractivity contribution in [3.8, 4) is 10.6 Å². The molecule has 0 atom stereocenters. The van der Waals surface area contributed by atoms with Crippen LogP contribution in [0.5, 0.6) is 0 Å². The predicted octanol–water partition coefficient (Wildman–Crippen LogP) is 3.81. The van der Waals surface area contributed by atoms with Gasteiger partial charge in [-0.1, -0.05) is 33.2 Å². The number of carbonyl (C=O) groups is 1. The van der Waals surface area contributed by atoms with Gasteiger partial charge in [0.25, 0.3) is 0 Å². The van der Waals surface area contributed by atoms with Crippen LogP contribution in [0, 0.1) is 6.92 Å². The summed E-state index contributed by atoms with van der Waals surface area (Å²) in [6, 6.07) is 7.85. The van der Waals surface area contributed by atoms with Gasteiger partial charge in [0.05, 0.1) is 11.4 Å². The van der Waals surface area contributed by atoms with Crippen LogP contribution < -0.4 is 5.73 Å². The molecule has 0 saturated carbocycles. The topological polar surface area (TPSA) is 91.2 Å². The number of esters is 1. The molecule has 3 aromatic rings. The Morgan fingerprint density at radius 2 is 2.30 bits per heavy atom. The summed E-state index contributed by atoms with van der Waals surface area (Å²) in [5, 5.41) is 6.34. The van der Waals surface area contributed by atoms with Gasteiger partial charge in [-0.15, -0.1) is 11.3 Å². The third-order valence-electron chi connectivity index (χ3n) is 3.07. The molecule has 3 rings (SSSR count). The van der Waals surface area contributed by atoms with Crippen LogP contribution in [0.1, 0.15) is 21.7 Å². The zero-order valence-electron chi connectivity index (χ0n) is 12.1. The molecule has 0 radical (unpaired) electrons. The van der Waals surface area contributed by atoms with Crippen LogP contribution in [0.3, 0.4) is 0 Å². The van der Waals surface area contributed by atoms with Gasteiger partial charge in [0.1, 0.15) is 17.2 Å². The van der Waals surface area contributed by atoms with Crippen LogP contribution in [-0.4, -0.2) is 16.1 Å². The fourth-order valence-corrected chi connectivity index (χ4v) is 3.18. The van der Waals surface area contributed by atoms with Crippen molar-refractivity contribution in [3.63, 3.8) is 0 Å². The second-order valence-corrected chi connectivity index (χ2v) is 6.51. The minimum atomic E-state index is -0.571. The number of rotatable bonds is 4. The molecule has 23 heavy (non-hydrogen) atoms. The van der Waals surface area contributed by atoms with E-state index in [2.05, 4.69) is 26.1 Å². The van der Waals surface area contributed by atoms with Gasteiger partial charge in [-0.3, -0.25) is 0 Å². The van der Waals surface area contributed by atoms with Gasteiger partial charge in [-0.25, -0.2) is 9.78 Å². The lowest BCUT2D eigenvalue weighted by atomic mass is 10.2. The number of halogens is 1. The number of nitrogen functional groups attached to an aromatic ring is 1. The molecule has 6 nitrogen and oxygen atoms in total. The number of nitrogens with two attached hydrogens (primary N) is 1. The predicted molar refractivity (Wildman–Crippen MR) is 90.0 cm³/mol. The smallest absolute Gasteiger partial charge is 0.346 e. The summed E-state index contributed by atoms with van der Waals surface area (Å²) in [4.78, 5) is 16.5. The summed E-state index contributed by atoms with van der Waals surface area (Å²) in [5.41, 5.74) is 7.79. The van der Waals surface area contributed by atoms with Crippen molar-refractivity contribution in [2.24, 2.45) is 0 Å². The van der Waals surface area contributed by atoms with Gasteiger partial charge < -0.3 is 15.0 Å². The minimum Gasteiger partial charge on any atom is -0.455 e. The molecular weight excluding hydrogens is 382 g/mol. The van der Waals surface area contributed by atoms with Crippen LogP contribution in [0.4, 0.5) is 5.88 Å². The lowest BCUT2D eigenvalue weighted by Crippen LogP contribution is -2.08. The van der Waals surface area contributed by atoms with Crippen molar-refractivity contribution < 1.29 is 14.1 Å². The van der Waals surface area contributed by atoms with E-state index >= 15 is 0 Å². The summed E-state index contributed by atoms with van der Waals surface area (Å²) < 4.78 is 11.0. The maximum atomic E-state index is 12.0. The van der Waals surface area contributed by atoms with E-state index in [1.165, 1.54) is 11.3 Å². The second-order valence-electron chi connectivity index (χ2n) is 4.74. The first kappa shape index (κ1) is 15.7. The molecule has 0 saturated heterocycles. The zero-order chi connectivity index (χ0) is 16.4. The van der Waals surface area contributed by atoms with Crippen molar-refractivity contribution in [1.29, 1.82) is 0 Å². The number of thiazole rings is 1. The van der Waals surface area contributed by atoms with Gasteiger partial charge in [-0.05, 0) is 19.1 Å². The summed E-state index contributed by atoms with van der Waals surface area (Å²) in [6.07, 6.45) is 0. The molecule has 2 aromatic heterocycles. The van der Waals surface area contributed by atoms with Gasteiger partial charge in [0, 0.05) is 15.4 Å². The Balaban J connectivity index is 1.69. The van der Waals surface area contributed by atoms with E-state index in [4.69, 9.17) is 15.0 Å². The number of nitrogens with zero attached hydrogens (tertiary/aromatic N) is 2. The Hall–Kier alpha value is -2.19. The summed E-state index contributed by atoms with van der Waals surface area (Å²) in [6.45, 7) is 1.69. The highest BCUT2D eigenvalue weighted by atomic mass is 79.9. The molecule has 0 aliphatic heterocycles. The Morgan fingerprint density at radius 1 is 1.48 bits per heavy atom. The van der Waals surface area contributed by atoms with Gasteiger partial charge in [-0.2, -0.15) is 0 Å². The van der Waals surface area contributed by atoms with E-state index in [-0.39, 0.29) is 18.1 Å². The second kappa shape index (κ2) is 6.51. The van der Waals surface area contributed by atoms with Crippen molar-refractivity contribution in [3.05, 3.63) is 51.1 Å². The lowest BCUT2D eigenvalue weighted by molar-refractivity contribution is 0.0468. The first-order valence-corrected chi connectivity index (χ1v) is 8.31. The number of aromatic nitrogens is 2. The molecule has 118 valence electrons. The van der Waals surface area contributed by atoms with E-state index in [9.17, 15) is 4.79 Å².